The van der Waals surface area contributed by atoms with E-state index in [1.54, 1.807) is 0 Å². The van der Waals surface area contributed by atoms with E-state index in [-0.39, 0.29) is 5.75 Å². The zero-order valence-electron chi connectivity index (χ0n) is 7.50. The summed E-state index contributed by atoms with van der Waals surface area (Å²) in [6.07, 6.45) is -1.55. The van der Waals surface area contributed by atoms with Crippen LogP contribution in [0.5, 0.6) is 5.75 Å². The molecular weight excluding hydrogens is 194 g/mol. The minimum Gasteiger partial charge on any atom is -0.497 e. The monoisotopic (exact) mass is 204 g/mol. The molecule has 0 aliphatic carbocycles. The number of benzene rings is 1. The molecule has 0 aliphatic heterocycles. The third-order valence-corrected chi connectivity index (χ3v) is 1.79. The summed E-state index contributed by atoms with van der Waals surface area (Å²) in [5.74, 6) is -1.86. The lowest BCUT2D eigenvalue weighted by Gasteiger charge is -2.11. The molecule has 14 heavy (non-hydrogen) atoms. The highest BCUT2D eigenvalue weighted by Crippen LogP contribution is 2.25. The Morgan fingerprint density at radius 1 is 1.36 bits per heavy atom. The van der Waals surface area contributed by atoms with Crippen molar-refractivity contribution in [2.75, 3.05) is 13.7 Å². The van der Waals surface area contributed by atoms with Crippen LogP contribution in [0.2, 0.25) is 0 Å². The van der Waals surface area contributed by atoms with Gasteiger partial charge in [0, 0.05) is 12.1 Å². The van der Waals surface area contributed by atoms with Crippen LogP contribution in [0, 0.1) is 11.6 Å². The van der Waals surface area contributed by atoms with Crippen molar-refractivity contribution in [1.82, 2.24) is 0 Å². The predicted octanol–water partition coefficient (Wildman–Crippen LogP) is 0.999. The largest absolute Gasteiger partial charge is 0.497 e. The van der Waals surface area contributed by atoms with Crippen LogP contribution in [-0.4, -0.2) is 23.9 Å². The Hall–Kier alpha value is -1.20. The number of methoxy groups -OCH3 is 1. The Morgan fingerprint density at radius 2 is 1.86 bits per heavy atom. The van der Waals surface area contributed by atoms with E-state index in [0.717, 1.165) is 12.1 Å². The molecule has 1 atom stereocenters. The molecule has 0 saturated heterocycles. The van der Waals surface area contributed by atoms with Crippen molar-refractivity contribution in [2.45, 2.75) is 6.10 Å². The van der Waals surface area contributed by atoms with Gasteiger partial charge in [-0.3, -0.25) is 0 Å². The minimum atomic E-state index is -1.55. The Morgan fingerprint density at radius 3 is 2.21 bits per heavy atom. The lowest BCUT2D eigenvalue weighted by molar-refractivity contribution is 0.0892. The van der Waals surface area contributed by atoms with E-state index in [4.69, 9.17) is 10.2 Å². The lowest BCUT2D eigenvalue weighted by Crippen LogP contribution is -2.08. The first-order chi connectivity index (χ1) is 6.60. The first-order valence-electron chi connectivity index (χ1n) is 3.92. The third-order valence-electron chi connectivity index (χ3n) is 1.79. The maximum atomic E-state index is 13.1. The summed E-state index contributed by atoms with van der Waals surface area (Å²) in [6, 6.07) is 1.88. The van der Waals surface area contributed by atoms with Crippen molar-refractivity contribution >= 4 is 0 Å². The molecule has 0 aliphatic rings. The molecule has 2 N–H and O–H groups in total. The first kappa shape index (κ1) is 10.9. The SMILES string of the molecule is COc1cc(F)c(C(O)CO)c(F)c1. The van der Waals surface area contributed by atoms with E-state index in [1.165, 1.54) is 7.11 Å². The number of aliphatic hydroxyl groups is 2. The van der Waals surface area contributed by atoms with Crippen LogP contribution in [0.4, 0.5) is 8.78 Å². The van der Waals surface area contributed by atoms with Crippen LogP contribution in [-0.2, 0) is 0 Å². The fourth-order valence-corrected chi connectivity index (χ4v) is 1.09. The van der Waals surface area contributed by atoms with Crippen LogP contribution in [0.1, 0.15) is 11.7 Å². The number of hydrogen-bond acceptors (Lipinski definition) is 3. The van der Waals surface area contributed by atoms with E-state index >= 15 is 0 Å². The highest BCUT2D eigenvalue weighted by Gasteiger charge is 2.18. The zero-order valence-corrected chi connectivity index (χ0v) is 7.50. The van der Waals surface area contributed by atoms with Crippen molar-refractivity contribution in [3.05, 3.63) is 29.3 Å². The highest BCUT2D eigenvalue weighted by molar-refractivity contribution is 5.31. The molecule has 0 amide bonds. The fraction of sp³-hybridized carbons (Fsp3) is 0.333. The van der Waals surface area contributed by atoms with Gasteiger partial charge in [0.2, 0.25) is 0 Å². The summed E-state index contributed by atoms with van der Waals surface area (Å²) in [5.41, 5.74) is -0.548. The molecular formula is C9H10F2O3. The smallest absolute Gasteiger partial charge is 0.135 e. The molecule has 1 aromatic rings. The topological polar surface area (TPSA) is 49.7 Å². The molecule has 5 heteroatoms. The summed E-state index contributed by atoms with van der Waals surface area (Å²) in [5, 5.41) is 17.6. The van der Waals surface area contributed by atoms with Gasteiger partial charge in [-0.05, 0) is 0 Å². The second-order valence-electron chi connectivity index (χ2n) is 2.70. The molecule has 1 rings (SSSR count). The lowest BCUT2D eigenvalue weighted by atomic mass is 10.1. The summed E-state index contributed by atoms with van der Waals surface area (Å²) in [6.45, 7) is -0.736. The molecule has 0 bridgehead atoms. The van der Waals surface area contributed by atoms with E-state index < -0.39 is 29.9 Å². The number of rotatable bonds is 3. The molecule has 1 unspecified atom stereocenters. The Bertz CT molecular complexity index is 305. The Balaban J connectivity index is 3.18. The second-order valence-corrected chi connectivity index (χ2v) is 2.70. The van der Waals surface area contributed by atoms with E-state index in [0.29, 0.717) is 0 Å². The standard InChI is InChI=1S/C9H10F2O3/c1-14-5-2-6(10)9(7(11)3-5)8(13)4-12/h2-3,8,12-13H,4H2,1H3. The van der Waals surface area contributed by atoms with Crippen LogP contribution < -0.4 is 4.74 Å². The number of halogens is 2. The summed E-state index contributed by atoms with van der Waals surface area (Å²) in [7, 11) is 1.27. The molecule has 3 nitrogen and oxygen atoms in total. The number of aliphatic hydroxyl groups excluding tert-OH is 2. The van der Waals surface area contributed by atoms with Crippen molar-refractivity contribution in [3.8, 4) is 5.75 Å². The minimum absolute atomic E-state index is 0.0221. The van der Waals surface area contributed by atoms with Gasteiger partial charge in [0.1, 0.15) is 23.5 Å². The second kappa shape index (κ2) is 4.34. The van der Waals surface area contributed by atoms with Crippen LogP contribution >= 0.6 is 0 Å². The Labute approximate surface area is 79.6 Å². The molecule has 0 saturated carbocycles. The van der Waals surface area contributed by atoms with Crippen molar-refractivity contribution < 1.29 is 23.7 Å². The van der Waals surface area contributed by atoms with Gasteiger partial charge in [0.15, 0.2) is 0 Å². The fourth-order valence-electron chi connectivity index (χ4n) is 1.09. The number of ether oxygens (including phenoxy) is 1. The third kappa shape index (κ3) is 2.00. The van der Waals surface area contributed by atoms with E-state index in [2.05, 4.69) is 4.74 Å². The van der Waals surface area contributed by atoms with Gasteiger partial charge in [0.05, 0.1) is 19.3 Å². The zero-order chi connectivity index (χ0) is 10.7. The average molecular weight is 204 g/mol. The van der Waals surface area contributed by atoms with Crippen LogP contribution in [0.15, 0.2) is 12.1 Å². The van der Waals surface area contributed by atoms with Gasteiger partial charge in [-0.15, -0.1) is 0 Å². The maximum Gasteiger partial charge on any atom is 0.135 e. The van der Waals surface area contributed by atoms with Gasteiger partial charge in [-0.2, -0.15) is 0 Å². The quantitative estimate of drug-likeness (QED) is 0.772. The van der Waals surface area contributed by atoms with Gasteiger partial charge in [-0.1, -0.05) is 0 Å². The molecule has 0 heterocycles. The molecule has 0 spiro atoms. The molecule has 78 valence electrons. The Kier molecular flexibility index (Phi) is 3.38. The average Bonchev–Trinajstić information content (AvgIpc) is 2.16. The van der Waals surface area contributed by atoms with Crippen molar-refractivity contribution in [1.29, 1.82) is 0 Å². The van der Waals surface area contributed by atoms with Crippen LogP contribution in [0.25, 0.3) is 0 Å². The van der Waals surface area contributed by atoms with Crippen LogP contribution in [0.3, 0.4) is 0 Å². The van der Waals surface area contributed by atoms with Crippen molar-refractivity contribution in [3.63, 3.8) is 0 Å². The van der Waals surface area contributed by atoms with E-state index in [9.17, 15) is 8.78 Å². The maximum absolute atomic E-state index is 13.1. The van der Waals surface area contributed by atoms with Gasteiger partial charge >= 0.3 is 0 Å². The summed E-state index contributed by atoms with van der Waals surface area (Å²) < 4.78 is 30.9. The van der Waals surface area contributed by atoms with Gasteiger partial charge < -0.3 is 14.9 Å². The highest BCUT2D eigenvalue weighted by atomic mass is 19.1. The van der Waals surface area contributed by atoms with Gasteiger partial charge in [0.25, 0.3) is 0 Å². The van der Waals surface area contributed by atoms with E-state index in [1.807, 2.05) is 0 Å². The molecule has 1 aromatic carbocycles. The summed E-state index contributed by atoms with van der Waals surface area (Å²) >= 11 is 0. The number of hydrogen-bond donors (Lipinski definition) is 2. The van der Waals surface area contributed by atoms with Gasteiger partial charge in [-0.25, -0.2) is 8.78 Å². The summed E-state index contributed by atoms with van der Waals surface area (Å²) in [4.78, 5) is 0. The predicted molar refractivity (Wildman–Crippen MR) is 45.0 cm³/mol. The molecule has 0 fully saturated rings. The molecule has 0 radical (unpaired) electrons. The normalized spacial score (nSPS) is 12.6. The van der Waals surface area contributed by atoms with Crippen molar-refractivity contribution in [2.24, 2.45) is 0 Å². The molecule has 0 aromatic heterocycles. The first-order valence-corrected chi connectivity index (χ1v) is 3.92.